The van der Waals surface area contributed by atoms with Crippen molar-refractivity contribution in [1.82, 2.24) is 4.90 Å². The van der Waals surface area contributed by atoms with E-state index in [1.165, 1.54) is 4.90 Å². The number of carbonyl (C=O) groups excluding carboxylic acids is 2. The van der Waals surface area contributed by atoms with Gasteiger partial charge in [0.2, 0.25) is 0 Å². The molecule has 0 saturated heterocycles. The molecule has 154 valence electrons. The van der Waals surface area contributed by atoms with E-state index in [-0.39, 0.29) is 6.03 Å². The number of likely N-dealkylation sites (N-methyl/N-ethyl adjacent to an activating group) is 1. The highest BCUT2D eigenvalue weighted by atomic mass is 16.6. The van der Waals surface area contributed by atoms with E-state index in [2.05, 4.69) is 10.6 Å². The van der Waals surface area contributed by atoms with Crippen LogP contribution in [-0.4, -0.2) is 30.1 Å². The topological polar surface area (TPSA) is 70.7 Å². The van der Waals surface area contributed by atoms with Gasteiger partial charge in [-0.15, -0.1) is 0 Å². The van der Waals surface area contributed by atoms with Crippen molar-refractivity contribution in [3.05, 3.63) is 96.6 Å². The minimum Gasteiger partial charge on any atom is -0.439 e. The fourth-order valence-electron chi connectivity index (χ4n) is 2.99. The fraction of sp³-hybridized carbons (Fsp3) is 0.167. The van der Waals surface area contributed by atoms with E-state index >= 15 is 0 Å². The van der Waals surface area contributed by atoms with E-state index in [0.29, 0.717) is 11.4 Å². The number of rotatable bonds is 6. The molecule has 0 aliphatic rings. The Morgan fingerprint density at radius 2 is 1.23 bits per heavy atom. The molecule has 0 aromatic heterocycles. The molecule has 0 radical (unpaired) electrons. The quantitative estimate of drug-likeness (QED) is 0.569. The maximum Gasteiger partial charge on any atom is 0.412 e. The number of anilines is 2. The molecule has 3 aromatic carbocycles. The molecule has 6 heteroatoms. The lowest BCUT2D eigenvalue weighted by molar-refractivity contribution is 0.0621. The normalized spacial score (nSPS) is 12.3. The first-order valence-electron chi connectivity index (χ1n) is 9.71. The Balaban J connectivity index is 1.74. The number of nitrogens with one attached hydrogen (secondary N) is 2. The lowest BCUT2D eigenvalue weighted by Crippen LogP contribution is -2.43. The third kappa shape index (κ3) is 5.61. The number of amides is 3. The maximum atomic E-state index is 12.7. The molecule has 2 N–H and O–H groups in total. The second-order valence-electron chi connectivity index (χ2n) is 6.88. The predicted octanol–water partition coefficient (Wildman–Crippen LogP) is 5.53. The highest BCUT2D eigenvalue weighted by molar-refractivity contribution is 5.89. The van der Waals surface area contributed by atoms with Gasteiger partial charge in [-0.05, 0) is 36.8 Å². The van der Waals surface area contributed by atoms with E-state index in [0.717, 1.165) is 5.56 Å². The summed E-state index contributed by atoms with van der Waals surface area (Å²) in [7, 11) is 1.68. The van der Waals surface area contributed by atoms with Crippen molar-refractivity contribution in [3.63, 3.8) is 0 Å². The van der Waals surface area contributed by atoms with Gasteiger partial charge in [0.25, 0.3) is 0 Å². The van der Waals surface area contributed by atoms with E-state index in [9.17, 15) is 9.59 Å². The third-order valence-electron chi connectivity index (χ3n) is 4.78. The number of hydrogen-bond donors (Lipinski definition) is 2. The van der Waals surface area contributed by atoms with Crippen LogP contribution in [0.5, 0.6) is 0 Å². The van der Waals surface area contributed by atoms with E-state index in [1.807, 2.05) is 85.8 Å². The molecule has 3 amide bonds. The Kier molecular flexibility index (Phi) is 7.05. The van der Waals surface area contributed by atoms with Gasteiger partial charge in [-0.25, -0.2) is 9.59 Å². The van der Waals surface area contributed by atoms with Crippen LogP contribution in [0.2, 0.25) is 0 Å². The molecule has 30 heavy (non-hydrogen) atoms. The Morgan fingerprint density at radius 1 is 0.767 bits per heavy atom. The van der Waals surface area contributed by atoms with Crippen molar-refractivity contribution in [1.29, 1.82) is 0 Å². The maximum absolute atomic E-state index is 12.7. The van der Waals surface area contributed by atoms with Crippen LogP contribution in [0.25, 0.3) is 0 Å². The fourth-order valence-corrected chi connectivity index (χ4v) is 2.99. The van der Waals surface area contributed by atoms with E-state index in [1.54, 1.807) is 19.2 Å². The number of hydrogen-bond acceptors (Lipinski definition) is 3. The molecule has 0 aliphatic heterocycles. The largest absolute Gasteiger partial charge is 0.439 e. The highest BCUT2D eigenvalue weighted by Crippen LogP contribution is 2.26. The highest BCUT2D eigenvalue weighted by Gasteiger charge is 2.29. The van der Waals surface area contributed by atoms with Gasteiger partial charge in [0.15, 0.2) is 0 Å². The van der Waals surface area contributed by atoms with Crippen LogP contribution >= 0.6 is 0 Å². The number of para-hydroxylation sites is 2. The molecular formula is C24H25N3O3. The zero-order valence-corrected chi connectivity index (χ0v) is 17.0. The van der Waals surface area contributed by atoms with Crippen LogP contribution < -0.4 is 10.6 Å². The molecule has 0 saturated carbocycles. The van der Waals surface area contributed by atoms with Crippen molar-refractivity contribution in [2.45, 2.75) is 19.1 Å². The van der Waals surface area contributed by atoms with Crippen molar-refractivity contribution in [3.8, 4) is 0 Å². The van der Waals surface area contributed by atoms with Crippen LogP contribution in [0, 0.1) is 0 Å². The third-order valence-corrected chi connectivity index (χ3v) is 4.78. The summed E-state index contributed by atoms with van der Waals surface area (Å²) in [6, 6.07) is 27.0. The molecule has 0 spiro atoms. The van der Waals surface area contributed by atoms with E-state index in [4.69, 9.17) is 4.74 Å². The summed E-state index contributed by atoms with van der Waals surface area (Å²) in [5, 5.41) is 5.58. The summed E-state index contributed by atoms with van der Waals surface area (Å²) < 4.78 is 5.75. The average Bonchev–Trinajstić information content (AvgIpc) is 2.78. The van der Waals surface area contributed by atoms with Crippen LogP contribution in [0.15, 0.2) is 91.0 Å². The smallest absolute Gasteiger partial charge is 0.412 e. The molecule has 3 rings (SSSR count). The van der Waals surface area contributed by atoms with Gasteiger partial charge < -0.3 is 15.0 Å². The number of nitrogens with zero attached hydrogens (tertiary/aromatic N) is 1. The number of urea groups is 1. The minimum atomic E-state index is -0.651. The molecule has 0 fully saturated rings. The lowest BCUT2D eigenvalue weighted by atomic mass is 10.0. The zero-order valence-electron chi connectivity index (χ0n) is 17.0. The second-order valence-corrected chi connectivity index (χ2v) is 6.88. The second kappa shape index (κ2) is 10.1. The Bertz CT molecular complexity index is 949. The summed E-state index contributed by atoms with van der Waals surface area (Å²) in [6.07, 6.45) is -1.24. The monoisotopic (exact) mass is 403 g/mol. The molecule has 0 aliphatic carbocycles. The summed E-state index contributed by atoms with van der Waals surface area (Å²) in [5.74, 6) is 0. The first-order chi connectivity index (χ1) is 14.5. The van der Waals surface area contributed by atoms with Crippen molar-refractivity contribution in [2.75, 3.05) is 17.7 Å². The zero-order chi connectivity index (χ0) is 21.3. The van der Waals surface area contributed by atoms with Gasteiger partial charge in [0, 0.05) is 18.4 Å². The van der Waals surface area contributed by atoms with E-state index < -0.39 is 18.2 Å². The average molecular weight is 403 g/mol. The first-order valence-corrected chi connectivity index (χ1v) is 9.71. The minimum absolute atomic E-state index is 0.290. The Hall–Kier alpha value is -3.80. The number of carbonyl (C=O) groups is 2. The first kappa shape index (κ1) is 20.9. The van der Waals surface area contributed by atoms with Crippen LogP contribution in [-0.2, 0) is 4.74 Å². The molecule has 0 heterocycles. The Morgan fingerprint density at radius 3 is 1.77 bits per heavy atom. The van der Waals surface area contributed by atoms with Crippen molar-refractivity contribution in [2.24, 2.45) is 0 Å². The number of ether oxygens (including phenoxy) is 1. The van der Waals surface area contributed by atoms with Crippen LogP contribution in [0.4, 0.5) is 21.0 Å². The molecule has 2 atom stereocenters. The SMILES string of the molecule is CC(C(OC(=O)Nc1ccccc1)c1ccccc1)N(C)C(=O)Nc1ccccc1. The standard InChI is InChI=1S/C24H25N3O3/c1-18(27(2)23(28)25-20-14-8-4-9-15-20)22(19-12-6-3-7-13-19)30-24(29)26-21-16-10-5-11-17-21/h3-18,22H,1-2H3,(H,25,28)(H,26,29). The van der Waals surface area contributed by atoms with Gasteiger partial charge in [0.1, 0.15) is 6.10 Å². The van der Waals surface area contributed by atoms with Crippen molar-refractivity contribution < 1.29 is 14.3 Å². The van der Waals surface area contributed by atoms with Crippen LogP contribution in [0.1, 0.15) is 18.6 Å². The lowest BCUT2D eigenvalue weighted by Gasteiger charge is -2.32. The summed E-state index contributed by atoms with van der Waals surface area (Å²) in [5.41, 5.74) is 2.13. The van der Waals surface area contributed by atoms with Gasteiger partial charge in [-0.2, -0.15) is 0 Å². The molecule has 0 bridgehead atoms. The summed E-state index contributed by atoms with van der Waals surface area (Å²) >= 11 is 0. The van der Waals surface area contributed by atoms with Gasteiger partial charge >= 0.3 is 12.1 Å². The molecule has 2 unspecified atom stereocenters. The Labute approximate surface area is 176 Å². The molecule has 6 nitrogen and oxygen atoms in total. The van der Waals surface area contributed by atoms with Gasteiger partial charge in [-0.1, -0.05) is 66.7 Å². The summed E-state index contributed by atoms with van der Waals surface area (Å²) in [6.45, 7) is 1.85. The number of benzene rings is 3. The van der Waals surface area contributed by atoms with Gasteiger partial charge in [-0.3, -0.25) is 5.32 Å². The molecular weight excluding hydrogens is 378 g/mol. The molecule has 3 aromatic rings. The van der Waals surface area contributed by atoms with Crippen molar-refractivity contribution >= 4 is 23.5 Å². The van der Waals surface area contributed by atoms with Crippen LogP contribution in [0.3, 0.4) is 0 Å². The van der Waals surface area contributed by atoms with Gasteiger partial charge in [0.05, 0.1) is 6.04 Å². The summed E-state index contributed by atoms with van der Waals surface area (Å²) in [4.78, 5) is 26.8. The predicted molar refractivity (Wildman–Crippen MR) is 118 cm³/mol.